The Morgan fingerprint density at radius 3 is 2.68 bits per heavy atom. The molecule has 6 heteroatoms. The fourth-order valence-corrected chi connectivity index (χ4v) is 2.02. The molecule has 19 heavy (non-hydrogen) atoms. The highest BCUT2D eigenvalue weighted by Gasteiger charge is 2.15. The number of nitrogen functional groups attached to an aromatic ring is 1. The van der Waals surface area contributed by atoms with E-state index in [0.717, 1.165) is 5.56 Å². The minimum atomic E-state index is -0.445. The Hall–Kier alpha value is -1.88. The average molecular weight is 281 g/mol. The van der Waals surface area contributed by atoms with Gasteiger partial charge in [-0.15, -0.1) is 0 Å². The Balaban J connectivity index is 2.47. The lowest BCUT2D eigenvalue weighted by Gasteiger charge is -2.15. The van der Waals surface area contributed by atoms with Crippen LogP contribution >= 0.6 is 11.6 Å². The van der Waals surface area contributed by atoms with Gasteiger partial charge < -0.3 is 11.1 Å². The van der Waals surface area contributed by atoms with E-state index in [2.05, 4.69) is 15.3 Å². The van der Waals surface area contributed by atoms with E-state index in [9.17, 15) is 4.39 Å². The molecule has 0 unspecified atom stereocenters. The van der Waals surface area contributed by atoms with Crippen LogP contribution in [0.25, 0.3) is 0 Å². The Labute approximate surface area is 115 Å². The number of hydrogen-bond acceptors (Lipinski definition) is 4. The van der Waals surface area contributed by atoms with Gasteiger partial charge in [0.1, 0.15) is 23.8 Å². The molecule has 2 aromatic rings. The van der Waals surface area contributed by atoms with Crippen LogP contribution in [0.1, 0.15) is 25.3 Å². The van der Waals surface area contributed by atoms with Gasteiger partial charge in [0.2, 0.25) is 0 Å². The molecule has 0 saturated heterocycles. The van der Waals surface area contributed by atoms with E-state index < -0.39 is 5.82 Å². The second kappa shape index (κ2) is 5.40. The first-order valence-electron chi connectivity index (χ1n) is 5.82. The molecule has 0 amide bonds. The normalized spacial score (nSPS) is 10.8. The fraction of sp³-hybridized carbons (Fsp3) is 0.231. The van der Waals surface area contributed by atoms with Crippen molar-refractivity contribution in [2.24, 2.45) is 0 Å². The predicted molar refractivity (Wildman–Crippen MR) is 75.2 cm³/mol. The number of halogens is 2. The van der Waals surface area contributed by atoms with Crippen molar-refractivity contribution in [3.8, 4) is 0 Å². The lowest BCUT2D eigenvalue weighted by atomic mass is 10.0. The molecular weight excluding hydrogens is 267 g/mol. The lowest BCUT2D eigenvalue weighted by Crippen LogP contribution is -2.07. The molecule has 4 nitrogen and oxygen atoms in total. The molecule has 1 heterocycles. The highest BCUT2D eigenvalue weighted by molar-refractivity contribution is 6.33. The number of nitrogens with zero attached hydrogens (tertiary/aromatic N) is 2. The summed E-state index contributed by atoms with van der Waals surface area (Å²) < 4.78 is 13.7. The summed E-state index contributed by atoms with van der Waals surface area (Å²) in [6.07, 6.45) is 1.33. The molecule has 0 aliphatic carbocycles. The third-order valence-electron chi connectivity index (χ3n) is 2.70. The molecule has 3 N–H and O–H groups in total. The fourth-order valence-electron chi connectivity index (χ4n) is 1.81. The van der Waals surface area contributed by atoms with Gasteiger partial charge in [0.05, 0.1) is 10.7 Å². The van der Waals surface area contributed by atoms with E-state index >= 15 is 0 Å². The molecule has 100 valence electrons. The van der Waals surface area contributed by atoms with Crippen LogP contribution in [0, 0.1) is 5.82 Å². The van der Waals surface area contributed by atoms with Gasteiger partial charge in [0.15, 0.2) is 0 Å². The van der Waals surface area contributed by atoms with Gasteiger partial charge in [-0.1, -0.05) is 31.5 Å². The highest BCUT2D eigenvalue weighted by atomic mass is 35.5. The summed E-state index contributed by atoms with van der Waals surface area (Å²) >= 11 is 5.97. The number of nitrogens with two attached hydrogens (primary N) is 1. The van der Waals surface area contributed by atoms with Gasteiger partial charge in [0, 0.05) is 5.56 Å². The summed E-state index contributed by atoms with van der Waals surface area (Å²) in [4.78, 5) is 8.06. The smallest absolute Gasteiger partial charge is 0.148 e. The van der Waals surface area contributed by atoms with Gasteiger partial charge >= 0.3 is 0 Å². The number of nitrogens with one attached hydrogen (secondary N) is 1. The molecule has 0 saturated carbocycles. The maximum absolute atomic E-state index is 13.7. The maximum atomic E-state index is 13.7. The summed E-state index contributed by atoms with van der Waals surface area (Å²) in [5, 5.41) is 3.18. The van der Waals surface area contributed by atoms with Gasteiger partial charge in [-0.25, -0.2) is 14.4 Å². The molecule has 0 atom stereocenters. The first kappa shape index (κ1) is 13.5. The molecule has 0 bridgehead atoms. The quantitative estimate of drug-likeness (QED) is 0.899. The number of aromatic nitrogens is 2. The summed E-state index contributed by atoms with van der Waals surface area (Å²) in [7, 11) is 0. The van der Waals surface area contributed by atoms with E-state index in [1.54, 1.807) is 12.1 Å². The third kappa shape index (κ3) is 2.76. The van der Waals surface area contributed by atoms with Crippen molar-refractivity contribution in [2.75, 3.05) is 11.1 Å². The molecule has 2 rings (SSSR count). The minimum absolute atomic E-state index is 0.106. The first-order chi connectivity index (χ1) is 9.00. The predicted octanol–water partition coefficient (Wildman–Crippen LogP) is 3.72. The number of para-hydroxylation sites is 1. The van der Waals surface area contributed by atoms with E-state index in [-0.39, 0.29) is 16.6 Å². The molecule has 0 spiro atoms. The molecular formula is C13H14ClFN4. The SMILES string of the molecule is CC(C)c1c(N)ncnc1Nc1c(F)cccc1Cl. The standard InChI is InChI=1S/C13H14ClFN4/c1-7(2)10-12(16)17-6-18-13(10)19-11-8(14)4-3-5-9(11)15/h3-7H,1-2H3,(H3,16,17,18,19). The second-order valence-corrected chi connectivity index (χ2v) is 4.80. The summed E-state index contributed by atoms with van der Waals surface area (Å²) in [5.74, 6) is 0.503. The Morgan fingerprint density at radius 1 is 1.32 bits per heavy atom. The van der Waals surface area contributed by atoms with E-state index in [1.807, 2.05) is 13.8 Å². The van der Waals surface area contributed by atoms with Crippen molar-refractivity contribution < 1.29 is 4.39 Å². The van der Waals surface area contributed by atoms with Crippen molar-refractivity contribution in [1.82, 2.24) is 9.97 Å². The van der Waals surface area contributed by atoms with E-state index in [0.29, 0.717) is 11.6 Å². The van der Waals surface area contributed by atoms with Crippen LogP contribution in [0.3, 0.4) is 0 Å². The van der Waals surface area contributed by atoms with Gasteiger partial charge in [0.25, 0.3) is 0 Å². The summed E-state index contributed by atoms with van der Waals surface area (Å²) in [6.45, 7) is 3.92. The van der Waals surface area contributed by atoms with Crippen LogP contribution in [-0.4, -0.2) is 9.97 Å². The van der Waals surface area contributed by atoms with Gasteiger partial charge in [-0.3, -0.25) is 0 Å². The zero-order valence-corrected chi connectivity index (χ0v) is 11.4. The molecule has 1 aromatic carbocycles. The molecule has 0 aliphatic heterocycles. The van der Waals surface area contributed by atoms with Crippen molar-refractivity contribution in [2.45, 2.75) is 19.8 Å². The van der Waals surface area contributed by atoms with Crippen LogP contribution in [0.15, 0.2) is 24.5 Å². The zero-order valence-electron chi connectivity index (χ0n) is 10.6. The molecule has 1 aromatic heterocycles. The molecule has 0 radical (unpaired) electrons. The van der Waals surface area contributed by atoms with Crippen LogP contribution in [0.4, 0.5) is 21.7 Å². The minimum Gasteiger partial charge on any atom is -0.383 e. The number of benzene rings is 1. The van der Waals surface area contributed by atoms with Crippen LogP contribution in [-0.2, 0) is 0 Å². The lowest BCUT2D eigenvalue weighted by molar-refractivity contribution is 0.631. The largest absolute Gasteiger partial charge is 0.383 e. The third-order valence-corrected chi connectivity index (χ3v) is 3.01. The van der Waals surface area contributed by atoms with E-state index in [1.165, 1.54) is 12.4 Å². The number of rotatable bonds is 3. The molecule has 0 aliphatic rings. The van der Waals surface area contributed by atoms with Crippen LogP contribution in [0.5, 0.6) is 0 Å². The van der Waals surface area contributed by atoms with Crippen LogP contribution < -0.4 is 11.1 Å². The van der Waals surface area contributed by atoms with Crippen molar-refractivity contribution in [1.29, 1.82) is 0 Å². The number of anilines is 3. The number of hydrogen-bond donors (Lipinski definition) is 2. The second-order valence-electron chi connectivity index (χ2n) is 4.40. The van der Waals surface area contributed by atoms with Crippen molar-refractivity contribution in [3.05, 3.63) is 40.9 Å². The summed E-state index contributed by atoms with van der Waals surface area (Å²) in [5.41, 5.74) is 6.76. The van der Waals surface area contributed by atoms with Gasteiger partial charge in [-0.05, 0) is 18.1 Å². The summed E-state index contributed by atoms with van der Waals surface area (Å²) in [6, 6.07) is 4.47. The topological polar surface area (TPSA) is 63.8 Å². The van der Waals surface area contributed by atoms with Gasteiger partial charge in [-0.2, -0.15) is 0 Å². The molecule has 0 fully saturated rings. The first-order valence-corrected chi connectivity index (χ1v) is 6.20. The maximum Gasteiger partial charge on any atom is 0.148 e. The average Bonchev–Trinajstić information content (AvgIpc) is 2.33. The monoisotopic (exact) mass is 280 g/mol. The zero-order chi connectivity index (χ0) is 14.0. The Morgan fingerprint density at radius 2 is 2.05 bits per heavy atom. The Bertz CT molecular complexity index is 581. The van der Waals surface area contributed by atoms with Crippen molar-refractivity contribution >= 4 is 28.9 Å². The highest BCUT2D eigenvalue weighted by Crippen LogP contribution is 2.32. The Kier molecular flexibility index (Phi) is 3.85. The van der Waals surface area contributed by atoms with E-state index in [4.69, 9.17) is 17.3 Å². The van der Waals surface area contributed by atoms with Crippen LogP contribution in [0.2, 0.25) is 5.02 Å². The van der Waals surface area contributed by atoms with Crippen molar-refractivity contribution in [3.63, 3.8) is 0 Å².